The number of aromatic nitrogens is 4. The van der Waals surface area contributed by atoms with Gasteiger partial charge in [-0.1, -0.05) is 42.5 Å². The number of aryl methyl sites for hydroxylation is 2. The Labute approximate surface area is 201 Å². The van der Waals surface area contributed by atoms with Gasteiger partial charge in [-0.05, 0) is 61.7 Å². The van der Waals surface area contributed by atoms with E-state index in [4.69, 9.17) is 4.74 Å². The van der Waals surface area contributed by atoms with Crippen molar-refractivity contribution in [1.82, 2.24) is 19.2 Å². The van der Waals surface area contributed by atoms with E-state index in [0.29, 0.717) is 30.1 Å². The number of fused-ring (bicyclic) bond motifs is 3. The minimum atomic E-state index is -0.522. The lowest BCUT2D eigenvalue weighted by molar-refractivity contribution is 0.101. The summed E-state index contributed by atoms with van der Waals surface area (Å²) >= 11 is 0. The summed E-state index contributed by atoms with van der Waals surface area (Å²) in [5.41, 5.74) is 4.85. The molecule has 0 saturated carbocycles. The topological polar surface area (TPSA) is 90.5 Å². The molecule has 0 saturated heterocycles. The molecular weight excluding hydrogens is 442 g/mol. The highest BCUT2D eigenvalue weighted by Gasteiger charge is 2.20. The molecule has 5 aromatic rings. The van der Waals surface area contributed by atoms with Crippen molar-refractivity contribution in [3.63, 3.8) is 0 Å². The molecule has 2 heterocycles. The molecule has 0 radical (unpaired) electrons. The Hall–Kier alpha value is -4.46. The first kappa shape index (κ1) is 22.3. The standard InChI is InChI=1S/C27H25N5O3/c1-4-35-23-12-8-7-11-20(23)28-26(33)24-29-25-27(34)31(16-19-10-6-5-9-18(19)3)22-15-17(2)13-14-21(22)32(25)30-24/h5-15H,4,16H2,1-3H3,(H,28,33). The number of nitrogens with zero attached hydrogens (tertiary/aromatic N) is 4. The lowest BCUT2D eigenvalue weighted by Crippen LogP contribution is -2.24. The zero-order valence-electron chi connectivity index (χ0n) is 19.8. The lowest BCUT2D eigenvalue weighted by Gasteiger charge is -2.13. The lowest BCUT2D eigenvalue weighted by atomic mass is 10.1. The van der Waals surface area contributed by atoms with Gasteiger partial charge in [0.05, 0.1) is 29.9 Å². The Kier molecular flexibility index (Phi) is 5.78. The summed E-state index contributed by atoms with van der Waals surface area (Å²) in [6.07, 6.45) is 0. The van der Waals surface area contributed by atoms with E-state index < -0.39 is 5.91 Å². The molecule has 8 heteroatoms. The van der Waals surface area contributed by atoms with Crippen molar-refractivity contribution in [2.24, 2.45) is 0 Å². The highest BCUT2D eigenvalue weighted by Crippen LogP contribution is 2.24. The fourth-order valence-electron chi connectivity index (χ4n) is 4.12. The van der Waals surface area contributed by atoms with Crippen LogP contribution in [0.3, 0.4) is 0 Å². The van der Waals surface area contributed by atoms with Crippen molar-refractivity contribution >= 4 is 28.3 Å². The van der Waals surface area contributed by atoms with E-state index in [-0.39, 0.29) is 17.0 Å². The van der Waals surface area contributed by atoms with Crippen LogP contribution >= 0.6 is 0 Å². The molecule has 5 rings (SSSR count). The Morgan fingerprint density at radius 3 is 2.57 bits per heavy atom. The summed E-state index contributed by atoms with van der Waals surface area (Å²) in [6, 6.07) is 20.9. The quantitative estimate of drug-likeness (QED) is 0.401. The minimum Gasteiger partial charge on any atom is -0.492 e. The third-order valence-electron chi connectivity index (χ3n) is 5.92. The molecule has 35 heavy (non-hydrogen) atoms. The molecule has 8 nitrogen and oxygen atoms in total. The van der Waals surface area contributed by atoms with Gasteiger partial charge in [-0.15, -0.1) is 5.10 Å². The zero-order chi connectivity index (χ0) is 24.5. The van der Waals surface area contributed by atoms with Crippen molar-refractivity contribution in [3.05, 3.63) is 99.6 Å². The zero-order valence-corrected chi connectivity index (χ0v) is 19.8. The van der Waals surface area contributed by atoms with E-state index in [1.807, 2.05) is 69.3 Å². The van der Waals surface area contributed by atoms with Crippen LogP contribution in [-0.4, -0.2) is 31.7 Å². The van der Waals surface area contributed by atoms with Crippen molar-refractivity contribution in [2.45, 2.75) is 27.3 Å². The van der Waals surface area contributed by atoms with E-state index in [1.165, 1.54) is 4.52 Å². The number of benzene rings is 3. The van der Waals surface area contributed by atoms with Gasteiger partial charge < -0.3 is 10.1 Å². The number of rotatable bonds is 6. The van der Waals surface area contributed by atoms with Gasteiger partial charge in [0.25, 0.3) is 11.5 Å². The van der Waals surface area contributed by atoms with Gasteiger partial charge in [0.15, 0.2) is 0 Å². The summed E-state index contributed by atoms with van der Waals surface area (Å²) in [6.45, 7) is 6.72. The van der Waals surface area contributed by atoms with Gasteiger partial charge in [0, 0.05) is 0 Å². The van der Waals surface area contributed by atoms with E-state index in [0.717, 1.165) is 22.2 Å². The first-order chi connectivity index (χ1) is 17.0. The van der Waals surface area contributed by atoms with Crippen molar-refractivity contribution < 1.29 is 9.53 Å². The summed E-state index contributed by atoms with van der Waals surface area (Å²) in [5.74, 6) is -0.0662. The van der Waals surface area contributed by atoms with E-state index in [1.54, 1.807) is 22.8 Å². The number of amides is 1. The number of para-hydroxylation sites is 2. The number of carbonyl (C=O) groups excluding carboxylic acids is 1. The minimum absolute atomic E-state index is 0.0936. The SMILES string of the molecule is CCOc1ccccc1NC(=O)c1nc2c(=O)n(Cc3ccccc3C)c3cc(C)ccc3n2n1. The second-order valence-electron chi connectivity index (χ2n) is 8.36. The third kappa shape index (κ3) is 4.14. The van der Waals surface area contributed by atoms with Gasteiger partial charge in [-0.2, -0.15) is 4.98 Å². The maximum absolute atomic E-state index is 13.6. The van der Waals surface area contributed by atoms with Crippen molar-refractivity contribution in [3.8, 4) is 5.75 Å². The fourth-order valence-corrected chi connectivity index (χ4v) is 4.12. The molecule has 2 aromatic heterocycles. The first-order valence-corrected chi connectivity index (χ1v) is 11.4. The van der Waals surface area contributed by atoms with Crippen LogP contribution in [0.25, 0.3) is 16.7 Å². The molecule has 1 N–H and O–H groups in total. The molecule has 0 aliphatic heterocycles. The smallest absolute Gasteiger partial charge is 0.296 e. The second-order valence-corrected chi connectivity index (χ2v) is 8.36. The molecule has 1 amide bonds. The van der Waals surface area contributed by atoms with Gasteiger partial charge in [-0.25, -0.2) is 4.52 Å². The van der Waals surface area contributed by atoms with E-state index >= 15 is 0 Å². The van der Waals surface area contributed by atoms with E-state index in [9.17, 15) is 9.59 Å². The normalized spacial score (nSPS) is 11.2. The average molecular weight is 468 g/mol. The average Bonchev–Trinajstić information content (AvgIpc) is 3.30. The third-order valence-corrected chi connectivity index (χ3v) is 5.92. The predicted molar refractivity (Wildman–Crippen MR) is 135 cm³/mol. The summed E-state index contributed by atoms with van der Waals surface area (Å²) < 4.78 is 8.74. The fraction of sp³-hybridized carbons (Fsp3) is 0.185. The second kappa shape index (κ2) is 9.06. The summed E-state index contributed by atoms with van der Waals surface area (Å²) in [4.78, 5) is 31.0. The maximum atomic E-state index is 13.6. The van der Waals surface area contributed by atoms with Crippen molar-refractivity contribution in [2.75, 3.05) is 11.9 Å². The highest BCUT2D eigenvalue weighted by molar-refractivity contribution is 6.02. The number of carbonyl (C=O) groups is 1. The Morgan fingerprint density at radius 2 is 1.77 bits per heavy atom. The molecule has 176 valence electrons. The van der Waals surface area contributed by atoms with Crippen LogP contribution in [0.4, 0.5) is 5.69 Å². The first-order valence-electron chi connectivity index (χ1n) is 11.4. The van der Waals surface area contributed by atoms with Crippen LogP contribution < -0.4 is 15.6 Å². The number of anilines is 1. The molecule has 0 spiro atoms. The van der Waals surface area contributed by atoms with Crippen LogP contribution in [-0.2, 0) is 6.54 Å². The number of nitrogens with one attached hydrogen (secondary N) is 1. The van der Waals surface area contributed by atoms with Gasteiger partial charge in [-0.3, -0.25) is 14.2 Å². The van der Waals surface area contributed by atoms with Crippen LogP contribution in [0.2, 0.25) is 0 Å². The molecule has 0 aliphatic carbocycles. The number of hydrogen-bond acceptors (Lipinski definition) is 5. The molecule has 0 unspecified atom stereocenters. The van der Waals surface area contributed by atoms with Gasteiger partial charge in [0.2, 0.25) is 11.5 Å². The summed E-state index contributed by atoms with van der Waals surface area (Å²) in [7, 11) is 0. The van der Waals surface area contributed by atoms with Crippen LogP contribution in [0.5, 0.6) is 5.75 Å². The van der Waals surface area contributed by atoms with Crippen LogP contribution in [0, 0.1) is 13.8 Å². The van der Waals surface area contributed by atoms with Crippen LogP contribution in [0.15, 0.2) is 71.5 Å². The van der Waals surface area contributed by atoms with Crippen LogP contribution in [0.1, 0.15) is 34.2 Å². The summed E-state index contributed by atoms with van der Waals surface area (Å²) in [5, 5.41) is 7.21. The monoisotopic (exact) mass is 467 g/mol. The largest absolute Gasteiger partial charge is 0.492 e. The molecule has 0 bridgehead atoms. The number of hydrogen-bond donors (Lipinski definition) is 1. The Balaban J connectivity index is 1.63. The Bertz CT molecular complexity index is 1630. The molecule has 0 fully saturated rings. The number of ether oxygens (including phenoxy) is 1. The maximum Gasteiger partial charge on any atom is 0.296 e. The van der Waals surface area contributed by atoms with E-state index in [2.05, 4.69) is 15.4 Å². The molecule has 0 atom stereocenters. The molecule has 3 aromatic carbocycles. The van der Waals surface area contributed by atoms with Gasteiger partial charge in [0.1, 0.15) is 5.75 Å². The van der Waals surface area contributed by atoms with Crippen molar-refractivity contribution in [1.29, 1.82) is 0 Å². The Morgan fingerprint density at radius 1 is 1.00 bits per heavy atom. The molecule has 0 aliphatic rings. The highest BCUT2D eigenvalue weighted by atomic mass is 16.5. The molecular formula is C27H25N5O3. The predicted octanol–water partition coefficient (Wildman–Crippen LogP) is 4.36. The van der Waals surface area contributed by atoms with Gasteiger partial charge >= 0.3 is 0 Å².